The Balaban J connectivity index is 2.01. The van der Waals surface area contributed by atoms with Gasteiger partial charge in [0, 0.05) is 0 Å². The Morgan fingerprint density at radius 2 is 2.09 bits per heavy atom. The topological polar surface area (TPSA) is 43.4 Å². The zero-order valence-corrected chi connectivity index (χ0v) is 14.2. The molecule has 5 heteroatoms. The van der Waals surface area contributed by atoms with E-state index in [0.717, 1.165) is 24.8 Å². The van der Waals surface area contributed by atoms with E-state index in [1.165, 1.54) is 6.07 Å². The van der Waals surface area contributed by atoms with Gasteiger partial charge in [0.15, 0.2) is 21.4 Å². The van der Waals surface area contributed by atoms with Crippen molar-refractivity contribution in [1.29, 1.82) is 0 Å². The minimum atomic E-state index is -3.06. The van der Waals surface area contributed by atoms with Crippen LogP contribution in [0.15, 0.2) is 18.2 Å². The zero-order valence-electron chi connectivity index (χ0n) is 13.3. The summed E-state index contributed by atoms with van der Waals surface area (Å²) in [6.45, 7) is 4.38. The molecule has 1 fully saturated rings. The third kappa shape index (κ3) is 5.27. The van der Waals surface area contributed by atoms with Crippen molar-refractivity contribution in [3.63, 3.8) is 0 Å². The normalized spacial score (nSPS) is 16.5. The van der Waals surface area contributed by atoms with Crippen LogP contribution in [0.1, 0.15) is 51.0 Å². The van der Waals surface area contributed by atoms with Crippen molar-refractivity contribution in [2.75, 3.05) is 18.1 Å². The number of halogens is 1. The molecule has 0 radical (unpaired) electrons. The first-order chi connectivity index (χ1) is 10.4. The summed E-state index contributed by atoms with van der Waals surface area (Å²) in [4.78, 5) is 0. The van der Waals surface area contributed by atoms with Gasteiger partial charge in [-0.25, -0.2) is 12.8 Å². The highest BCUT2D eigenvalue weighted by atomic mass is 32.2. The van der Waals surface area contributed by atoms with Gasteiger partial charge in [0.1, 0.15) is 0 Å². The molecule has 0 spiro atoms. The maximum absolute atomic E-state index is 13.8. The van der Waals surface area contributed by atoms with Crippen LogP contribution < -0.4 is 4.74 Å². The number of hydrogen-bond donors (Lipinski definition) is 0. The summed E-state index contributed by atoms with van der Waals surface area (Å²) in [7, 11) is -3.06. The minimum Gasteiger partial charge on any atom is -0.490 e. The number of unbranched alkanes of at least 4 members (excludes halogenated alkanes) is 1. The van der Waals surface area contributed by atoms with E-state index in [-0.39, 0.29) is 29.0 Å². The molecular formula is C17H25FO3S. The van der Waals surface area contributed by atoms with Gasteiger partial charge in [0.25, 0.3) is 0 Å². The molecule has 2 rings (SSSR count). The molecule has 0 aromatic heterocycles. The van der Waals surface area contributed by atoms with Gasteiger partial charge in [-0.2, -0.15) is 0 Å². The van der Waals surface area contributed by atoms with Crippen molar-refractivity contribution in [3.8, 4) is 5.75 Å². The smallest absolute Gasteiger partial charge is 0.165 e. The van der Waals surface area contributed by atoms with Gasteiger partial charge in [-0.3, -0.25) is 0 Å². The first-order valence-electron chi connectivity index (χ1n) is 8.04. The molecule has 0 N–H and O–H groups in total. The lowest BCUT2D eigenvalue weighted by Gasteiger charge is -2.14. The number of rotatable bonds is 9. The molecule has 1 aromatic carbocycles. The predicted octanol–water partition coefficient (Wildman–Crippen LogP) is 3.93. The van der Waals surface area contributed by atoms with Crippen LogP contribution in [0.5, 0.6) is 5.75 Å². The molecule has 22 heavy (non-hydrogen) atoms. The molecule has 0 saturated heterocycles. The third-order valence-electron chi connectivity index (χ3n) is 4.01. The fraction of sp³-hybridized carbons (Fsp3) is 0.647. The largest absolute Gasteiger partial charge is 0.490 e. The van der Waals surface area contributed by atoms with E-state index in [1.54, 1.807) is 12.1 Å². The van der Waals surface area contributed by atoms with Crippen molar-refractivity contribution in [2.45, 2.75) is 45.4 Å². The number of sulfone groups is 1. The minimum absolute atomic E-state index is 0.0979. The fourth-order valence-electron chi connectivity index (χ4n) is 2.35. The molecule has 3 nitrogen and oxygen atoms in total. The summed E-state index contributed by atoms with van der Waals surface area (Å²) in [5, 5.41) is 0. The quantitative estimate of drug-likeness (QED) is 0.690. The highest BCUT2D eigenvalue weighted by molar-refractivity contribution is 7.91. The highest BCUT2D eigenvalue weighted by Gasteiger charge is 2.23. The molecule has 1 unspecified atom stereocenters. The molecule has 1 saturated carbocycles. The van der Waals surface area contributed by atoms with Gasteiger partial charge in [-0.05, 0) is 48.8 Å². The summed E-state index contributed by atoms with van der Waals surface area (Å²) < 4.78 is 43.4. The van der Waals surface area contributed by atoms with Crippen LogP contribution in [0, 0.1) is 11.7 Å². The van der Waals surface area contributed by atoms with Crippen LogP contribution in [0.2, 0.25) is 0 Å². The molecule has 124 valence electrons. The maximum Gasteiger partial charge on any atom is 0.165 e. The fourth-order valence-corrected chi connectivity index (χ4v) is 4.20. The molecule has 1 aromatic rings. The SMILES string of the molecule is CCCCS(=O)(=O)CC(C)c1ccc(F)c(OCC2CC2)c1. The summed E-state index contributed by atoms with van der Waals surface area (Å²) in [5.74, 6) is 0.564. The molecule has 1 atom stereocenters. The molecule has 0 aliphatic heterocycles. The molecule has 0 bridgehead atoms. The van der Waals surface area contributed by atoms with Gasteiger partial charge in [0.2, 0.25) is 0 Å². The van der Waals surface area contributed by atoms with Crippen LogP contribution in [0.4, 0.5) is 4.39 Å². The third-order valence-corrected chi connectivity index (χ3v) is 5.93. The van der Waals surface area contributed by atoms with E-state index in [0.29, 0.717) is 18.9 Å². The Kier molecular flexibility index (Phi) is 5.84. The van der Waals surface area contributed by atoms with E-state index in [1.807, 2.05) is 13.8 Å². The standard InChI is InChI=1S/C17H25FO3S/c1-3-4-9-22(19,20)12-13(2)15-7-8-16(18)17(10-15)21-11-14-5-6-14/h7-8,10,13-14H,3-6,9,11-12H2,1-2H3. The Morgan fingerprint density at radius 1 is 1.36 bits per heavy atom. The van der Waals surface area contributed by atoms with Crippen molar-refractivity contribution >= 4 is 9.84 Å². The van der Waals surface area contributed by atoms with Gasteiger partial charge >= 0.3 is 0 Å². The Morgan fingerprint density at radius 3 is 2.73 bits per heavy atom. The summed E-state index contributed by atoms with van der Waals surface area (Å²) in [6, 6.07) is 4.67. The first-order valence-corrected chi connectivity index (χ1v) is 9.86. The molecule has 0 amide bonds. The summed E-state index contributed by atoms with van der Waals surface area (Å²) in [6.07, 6.45) is 3.85. The van der Waals surface area contributed by atoms with Crippen LogP contribution >= 0.6 is 0 Å². The molecule has 1 aliphatic carbocycles. The molecule has 1 aliphatic rings. The van der Waals surface area contributed by atoms with Crippen LogP contribution in [0.3, 0.4) is 0 Å². The second-order valence-electron chi connectivity index (χ2n) is 6.31. The van der Waals surface area contributed by atoms with Crippen molar-refractivity contribution in [3.05, 3.63) is 29.6 Å². The number of benzene rings is 1. The van der Waals surface area contributed by atoms with Gasteiger partial charge < -0.3 is 4.74 Å². The van der Waals surface area contributed by atoms with Gasteiger partial charge in [0.05, 0.1) is 18.1 Å². The van der Waals surface area contributed by atoms with E-state index < -0.39 is 9.84 Å². The highest BCUT2D eigenvalue weighted by Crippen LogP contribution is 2.31. The van der Waals surface area contributed by atoms with Gasteiger partial charge in [-0.15, -0.1) is 0 Å². The van der Waals surface area contributed by atoms with E-state index in [2.05, 4.69) is 0 Å². The monoisotopic (exact) mass is 328 g/mol. The second kappa shape index (κ2) is 7.44. The first kappa shape index (κ1) is 17.3. The molecule has 0 heterocycles. The van der Waals surface area contributed by atoms with Crippen molar-refractivity contribution in [2.24, 2.45) is 5.92 Å². The Labute approximate surface area is 132 Å². The van der Waals surface area contributed by atoms with E-state index >= 15 is 0 Å². The maximum atomic E-state index is 13.8. The summed E-state index contributed by atoms with van der Waals surface area (Å²) in [5.41, 5.74) is 0.812. The zero-order chi connectivity index (χ0) is 16.2. The molecular weight excluding hydrogens is 303 g/mol. The van der Waals surface area contributed by atoms with Crippen LogP contribution in [0.25, 0.3) is 0 Å². The van der Waals surface area contributed by atoms with E-state index in [9.17, 15) is 12.8 Å². The average Bonchev–Trinajstić information content (AvgIpc) is 3.28. The lowest BCUT2D eigenvalue weighted by atomic mass is 10.0. The number of ether oxygens (including phenoxy) is 1. The Hall–Kier alpha value is -1.10. The second-order valence-corrected chi connectivity index (χ2v) is 8.54. The Bertz CT molecular complexity index is 594. The lowest BCUT2D eigenvalue weighted by molar-refractivity contribution is 0.285. The van der Waals surface area contributed by atoms with Crippen LogP contribution in [-0.4, -0.2) is 26.5 Å². The van der Waals surface area contributed by atoms with Crippen molar-refractivity contribution < 1.29 is 17.5 Å². The predicted molar refractivity (Wildman–Crippen MR) is 86.6 cm³/mol. The average molecular weight is 328 g/mol. The summed E-state index contributed by atoms with van der Waals surface area (Å²) >= 11 is 0. The lowest BCUT2D eigenvalue weighted by Crippen LogP contribution is -2.16. The van der Waals surface area contributed by atoms with Crippen molar-refractivity contribution in [1.82, 2.24) is 0 Å². The number of hydrogen-bond acceptors (Lipinski definition) is 3. The van der Waals surface area contributed by atoms with Gasteiger partial charge in [-0.1, -0.05) is 26.3 Å². The van der Waals surface area contributed by atoms with E-state index in [4.69, 9.17) is 4.74 Å². The van der Waals surface area contributed by atoms with Crippen LogP contribution in [-0.2, 0) is 9.84 Å².